The highest BCUT2D eigenvalue weighted by Crippen LogP contribution is 2.09. The van der Waals surface area contributed by atoms with Crippen LogP contribution in [0.4, 0.5) is 0 Å². The highest BCUT2D eigenvalue weighted by molar-refractivity contribution is 5.93. The molecule has 1 aliphatic rings. The van der Waals surface area contributed by atoms with Crippen LogP contribution in [0.25, 0.3) is 0 Å². The van der Waals surface area contributed by atoms with E-state index >= 15 is 0 Å². The molecule has 0 spiro atoms. The van der Waals surface area contributed by atoms with Crippen molar-refractivity contribution < 1.29 is 9.90 Å². The van der Waals surface area contributed by atoms with Gasteiger partial charge in [0.15, 0.2) is 5.78 Å². The summed E-state index contributed by atoms with van der Waals surface area (Å²) in [4.78, 5) is 10.7. The molecule has 0 saturated heterocycles. The molecule has 0 unspecified atom stereocenters. The summed E-state index contributed by atoms with van der Waals surface area (Å²) in [7, 11) is 0. The summed E-state index contributed by atoms with van der Waals surface area (Å²) in [5.41, 5.74) is 0.929. The molecule has 2 heteroatoms. The minimum Gasteiger partial charge on any atom is -0.396 e. The first-order valence-electron chi connectivity index (χ1n) is 3.34. The van der Waals surface area contributed by atoms with Gasteiger partial charge < -0.3 is 5.11 Å². The van der Waals surface area contributed by atoms with Crippen LogP contribution in [0.15, 0.2) is 23.8 Å². The summed E-state index contributed by atoms with van der Waals surface area (Å²) in [6.07, 6.45) is 6.40. The second kappa shape index (κ2) is 3.32. The monoisotopic (exact) mass is 138 g/mol. The molecule has 1 N–H and O–H groups in total. The Hall–Kier alpha value is -0.890. The molecule has 0 atom stereocenters. The molecule has 0 radical (unpaired) electrons. The number of carbonyl (C=O) groups excluding carboxylic acids is 1. The summed E-state index contributed by atoms with van der Waals surface area (Å²) in [6, 6.07) is 0. The van der Waals surface area contributed by atoms with Crippen LogP contribution < -0.4 is 0 Å². The van der Waals surface area contributed by atoms with Crippen LogP contribution in [0, 0.1) is 0 Å². The van der Waals surface area contributed by atoms with Crippen LogP contribution in [0.3, 0.4) is 0 Å². The van der Waals surface area contributed by atoms with E-state index < -0.39 is 0 Å². The SMILES string of the molecule is O=C1C=C(CCO)C=CC1. The van der Waals surface area contributed by atoms with Crippen LogP contribution in [0.1, 0.15) is 12.8 Å². The van der Waals surface area contributed by atoms with Crippen molar-refractivity contribution in [3.8, 4) is 0 Å². The van der Waals surface area contributed by atoms with Crippen LogP contribution in [-0.4, -0.2) is 17.5 Å². The van der Waals surface area contributed by atoms with Crippen molar-refractivity contribution in [3.05, 3.63) is 23.8 Å². The van der Waals surface area contributed by atoms with Gasteiger partial charge in [0.1, 0.15) is 0 Å². The van der Waals surface area contributed by atoms with Crippen LogP contribution >= 0.6 is 0 Å². The smallest absolute Gasteiger partial charge is 0.159 e. The van der Waals surface area contributed by atoms with Crippen molar-refractivity contribution in [1.29, 1.82) is 0 Å². The molecule has 1 rings (SSSR count). The minimum absolute atomic E-state index is 0.115. The second-order valence-corrected chi connectivity index (χ2v) is 2.27. The van der Waals surface area contributed by atoms with Crippen molar-refractivity contribution in [3.63, 3.8) is 0 Å². The number of rotatable bonds is 2. The number of hydrogen-bond donors (Lipinski definition) is 1. The van der Waals surface area contributed by atoms with E-state index in [-0.39, 0.29) is 12.4 Å². The molecule has 0 aromatic carbocycles. The molecule has 10 heavy (non-hydrogen) atoms. The normalized spacial score (nSPS) is 17.3. The van der Waals surface area contributed by atoms with Gasteiger partial charge in [-0.1, -0.05) is 12.2 Å². The Morgan fingerprint density at radius 3 is 3.00 bits per heavy atom. The average Bonchev–Trinajstić information content (AvgIpc) is 1.88. The lowest BCUT2D eigenvalue weighted by atomic mass is 10.0. The molecular weight excluding hydrogens is 128 g/mol. The molecule has 0 aromatic rings. The van der Waals surface area contributed by atoms with E-state index in [1.165, 1.54) is 0 Å². The maximum atomic E-state index is 10.7. The van der Waals surface area contributed by atoms with Gasteiger partial charge in [-0.05, 0) is 18.1 Å². The van der Waals surface area contributed by atoms with Crippen molar-refractivity contribution in [2.75, 3.05) is 6.61 Å². The lowest BCUT2D eigenvalue weighted by Crippen LogP contribution is -1.98. The van der Waals surface area contributed by atoms with Crippen molar-refractivity contribution >= 4 is 5.78 Å². The highest BCUT2D eigenvalue weighted by atomic mass is 16.3. The number of carbonyl (C=O) groups is 1. The fraction of sp³-hybridized carbons (Fsp3) is 0.375. The molecule has 0 bridgehead atoms. The Morgan fingerprint density at radius 1 is 1.60 bits per heavy atom. The Labute approximate surface area is 59.9 Å². The van der Waals surface area contributed by atoms with Gasteiger partial charge in [-0.3, -0.25) is 4.79 Å². The molecule has 0 aliphatic heterocycles. The predicted octanol–water partition coefficient (Wildman–Crippen LogP) is 0.824. The zero-order valence-corrected chi connectivity index (χ0v) is 5.71. The quantitative estimate of drug-likeness (QED) is 0.613. The van der Waals surface area contributed by atoms with Crippen molar-refractivity contribution in [2.24, 2.45) is 0 Å². The number of ketones is 1. The molecule has 0 aromatic heterocycles. The van der Waals surface area contributed by atoms with Crippen molar-refractivity contribution in [2.45, 2.75) is 12.8 Å². The van der Waals surface area contributed by atoms with E-state index in [1.807, 2.05) is 12.2 Å². The van der Waals surface area contributed by atoms with Gasteiger partial charge in [0.05, 0.1) is 0 Å². The van der Waals surface area contributed by atoms with Gasteiger partial charge in [-0.25, -0.2) is 0 Å². The number of allylic oxidation sites excluding steroid dienone is 3. The molecule has 1 aliphatic carbocycles. The van der Waals surface area contributed by atoms with E-state index in [0.29, 0.717) is 12.8 Å². The number of hydrogen-bond acceptors (Lipinski definition) is 2. The maximum Gasteiger partial charge on any atom is 0.159 e. The van der Waals surface area contributed by atoms with Crippen molar-refractivity contribution in [1.82, 2.24) is 0 Å². The fourth-order valence-electron chi connectivity index (χ4n) is 0.925. The van der Waals surface area contributed by atoms with E-state index in [9.17, 15) is 4.79 Å². The number of aliphatic hydroxyl groups is 1. The second-order valence-electron chi connectivity index (χ2n) is 2.27. The summed E-state index contributed by atoms with van der Waals surface area (Å²) >= 11 is 0. The molecular formula is C8H10O2. The summed E-state index contributed by atoms with van der Waals surface area (Å²) < 4.78 is 0. The third-order valence-electron chi connectivity index (χ3n) is 1.40. The Kier molecular flexibility index (Phi) is 2.40. The molecule has 0 amide bonds. The number of aliphatic hydroxyl groups excluding tert-OH is 1. The first kappa shape index (κ1) is 7.22. The average molecular weight is 138 g/mol. The lowest BCUT2D eigenvalue weighted by molar-refractivity contribution is -0.113. The fourth-order valence-corrected chi connectivity index (χ4v) is 0.925. The van der Waals surface area contributed by atoms with Crippen LogP contribution in [0.2, 0.25) is 0 Å². The molecule has 2 nitrogen and oxygen atoms in total. The largest absolute Gasteiger partial charge is 0.396 e. The van der Waals surface area contributed by atoms with E-state index in [2.05, 4.69) is 0 Å². The third kappa shape index (κ3) is 1.81. The Balaban J connectivity index is 2.57. The van der Waals surface area contributed by atoms with Crippen LogP contribution in [0.5, 0.6) is 0 Å². The zero-order chi connectivity index (χ0) is 7.40. The minimum atomic E-state index is 0.115. The van der Waals surface area contributed by atoms with Gasteiger partial charge in [0.2, 0.25) is 0 Å². The third-order valence-corrected chi connectivity index (χ3v) is 1.40. The molecule has 0 saturated carbocycles. The van der Waals surface area contributed by atoms with E-state index in [4.69, 9.17) is 5.11 Å². The summed E-state index contributed by atoms with van der Waals surface area (Å²) in [5, 5.41) is 8.52. The standard InChI is InChI=1S/C8H10O2/c9-5-4-7-2-1-3-8(10)6-7/h1-2,6,9H,3-5H2. The molecule has 0 heterocycles. The first-order valence-corrected chi connectivity index (χ1v) is 3.34. The predicted molar refractivity (Wildman–Crippen MR) is 38.5 cm³/mol. The van der Waals surface area contributed by atoms with Gasteiger partial charge in [0, 0.05) is 13.0 Å². The topological polar surface area (TPSA) is 37.3 Å². The van der Waals surface area contributed by atoms with E-state index in [0.717, 1.165) is 5.57 Å². The molecule has 54 valence electrons. The maximum absolute atomic E-state index is 10.7. The Morgan fingerprint density at radius 2 is 2.40 bits per heavy atom. The Bertz CT molecular complexity index is 189. The lowest BCUT2D eigenvalue weighted by Gasteiger charge is -2.02. The highest BCUT2D eigenvalue weighted by Gasteiger charge is 2.02. The van der Waals surface area contributed by atoms with E-state index in [1.54, 1.807) is 6.08 Å². The van der Waals surface area contributed by atoms with Gasteiger partial charge in [0.25, 0.3) is 0 Å². The first-order chi connectivity index (χ1) is 4.83. The summed E-state index contributed by atoms with van der Waals surface area (Å²) in [5.74, 6) is 0.131. The van der Waals surface area contributed by atoms with Gasteiger partial charge in [-0.2, -0.15) is 0 Å². The summed E-state index contributed by atoms with van der Waals surface area (Å²) in [6.45, 7) is 0.115. The molecule has 0 fully saturated rings. The van der Waals surface area contributed by atoms with Gasteiger partial charge in [-0.15, -0.1) is 0 Å². The zero-order valence-electron chi connectivity index (χ0n) is 5.71. The van der Waals surface area contributed by atoms with Crippen LogP contribution in [-0.2, 0) is 4.79 Å². The van der Waals surface area contributed by atoms with Gasteiger partial charge >= 0.3 is 0 Å².